The highest BCUT2D eigenvalue weighted by molar-refractivity contribution is 5.47. The summed E-state index contributed by atoms with van der Waals surface area (Å²) in [5.74, 6) is 0. The van der Waals surface area contributed by atoms with Gasteiger partial charge in [-0.2, -0.15) is 0 Å². The predicted molar refractivity (Wildman–Crippen MR) is 66.5 cm³/mol. The number of pyridine rings is 1. The SMILES string of the molecule is OC(/C=C\c1cccnc1)CN1CCOCC1. The number of β-amino-alcohol motifs (C(OH)–C–C–N with tert-alkyl or cyclic N) is 1. The highest BCUT2D eigenvalue weighted by Gasteiger charge is 2.12. The fourth-order valence-electron chi connectivity index (χ4n) is 1.81. The number of aliphatic hydroxyl groups is 1. The number of rotatable bonds is 4. The zero-order valence-electron chi connectivity index (χ0n) is 9.83. The van der Waals surface area contributed by atoms with Crippen LogP contribution in [-0.2, 0) is 4.74 Å². The lowest BCUT2D eigenvalue weighted by Gasteiger charge is -2.27. The van der Waals surface area contributed by atoms with Gasteiger partial charge in [-0.3, -0.25) is 9.88 Å². The molecule has 1 fully saturated rings. The van der Waals surface area contributed by atoms with Gasteiger partial charge in [-0.1, -0.05) is 18.2 Å². The Morgan fingerprint density at radius 1 is 1.47 bits per heavy atom. The lowest BCUT2D eigenvalue weighted by atomic mass is 10.2. The summed E-state index contributed by atoms with van der Waals surface area (Å²) in [5.41, 5.74) is 1.01. The van der Waals surface area contributed by atoms with Crippen molar-refractivity contribution in [3.63, 3.8) is 0 Å². The zero-order chi connectivity index (χ0) is 11.9. The normalized spacial score (nSPS) is 19.6. The highest BCUT2D eigenvalue weighted by Crippen LogP contribution is 2.03. The van der Waals surface area contributed by atoms with E-state index in [9.17, 15) is 5.11 Å². The van der Waals surface area contributed by atoms with Crippen LogP contribution in [0.25, 0.3) is 6.08 Å². The number of hydrogen-bond acceptors (Lipinski definition) is 4. The third kappa shape index (κ3) is 4.26. The van der Waals surface area contributed by atoms with E-state index in [0.29, 0.717) is 6.54 Å². The molecule has 1 aliphatic heterocycles. The summed E-state index contributed by atoms with van der Waals surface area (Å²) in [6.07, 6.45) is 6.79. The Morgan fingerprint density at radius 3 is 3.00 bits per heavy atom. The van der Waals surface area contributed by atoms with E-state index >= 15 is 0 Å². The van der Waals surface area contributed by atoms with Gasteiger partial charge in [0.05, 0.1) is 19.3 Å². The molecule has 1 atom stereocenters. The van der Waals surface area contributed by atoms with Gasteiger partial charge in [0.2, 0.25) is 0 Å². The average molecular weight is 234 g/mol. The third-order valence-corrected chi connectivity index (χ3v) is 2.74. The van der Waals surface area contributed by atoms with Crippen LogP contribution in [0, 0.1) is 0 Å². The Morgan fingerprint density at radius 2 is 2.29 bits per heavy atom. The van der Waals surface area contributed by atoms with Crippen molar-refractivity contribution in [2.24, 2.45) is 0 Å². The van der Waals surface area contributed by atoms with Crippen LogP contribution in [0.3, 0.4) is 0 Å². The Kier molecular flexibility index (Phi) is 4.67. The second kappa shape index (κ2) is 6.49. The van der Waals surface area contributed by atoms with Crippen molar-refractivity contribution in [2.45, 2.75) is 6.10 Å². The van der Waals surface area contributed by atoms with Gasteiger partial charge in [0.25, 0.3) is 0 Å². The van der Waals surface area contributed by atoms with Crippen LogP contribution in [0.4, 0.5) is 0 Å². The number of aliphatic hydroxyl groups excluding tert-OH is 1. The summed E-state index contributed by atoms with van der Waals surface area (Å²) < 4.78 is 5.26. The van der Waals surface area contributed by atoms with Crippen LogP contribution in [0.1, 0.15) is 5.56 Å². The van der Waals surface area contributed by atoms with Gasteiger partial charge in [0, 0.05) is 32.0 Å². The molecular weight excluding hydrogens is 216 g/mol. The van der Waals surface area contributed by atoms with E-state index in [0.717, 1.165) is 31.9 Å². The van der Waals surface area contributed by atoms with Gasteiger partial charge >= 0.3 is 0 Å². The first-order valence-corrected chi connectivity index (χ1v) is 5.91. The first-order valence-electron chi connectivity index (χ1n) is 5.91. The molecule has 4 heteroatoms. The largest absolute Gasteiger partial charge is 0.388 e. The monoisotopic (exact) mass is 234 g/mol. The van der Waals surface area contributed by atoms with Gasteiger partial charge in [0.1, 0.15) is 0 Å². The molecule has 17 heavy (non-hydrogen) atoms. The van der Waals surface area contributed by atoms with Crippen molar-refractivity contribution in [2.75, 3.05) is 32.8 Å². The fourth-order valence-corrected chi connectivity index (χ4v) is 1.81. The molecule has 1 aromatic heterocycles. The lowest BCUT2D eigenvalue weighted by Crippen LogP contribution is -2.40. The Balaban J connectivity index is 1.80. The molecule has 0 bridgehead atoms. The smallest absolute Gasteiger partial charge is 0.0851 e. The maximum absolute atomic E-state index is 9.87. The molecule has 2 heterocycles. The third-order valence-electron chi connectivity index (χ3n) is 2.74. The summed E-state index contributed by atoms with van der Waals surface area (Å²) in [6, 6.07) is 3.85. The molecular formula is C13H18N2O2. The minimum absolute atomic E-state index is 0.437. The van der Waals surface area contributed by atoms with Crippen molar-refractivity contribution < 1.29 is 9.84 Å². The fraction of sp³-hybridized carbons (Fsp3) is 0.462. The minimum Gasteiger partial charge on any atom is -0.388 e. The highest BCUT2D eigenvalue weighted by atomic mass is 16.5. The minimum atomic E-state index is -0.437. The van der Waals surface area contributed by atoms with E-state index < -0.39 is 6.10 Å². The van der Waals surface area contributed by atoms with E-state index in [1.807, 2.05) is 24.3 Å². The molecule has 0 spiro atoms. The van der Waals surface area contributed by atoms with Gasteiger partial charge in [-0.15, -0.1) is 0 Å². The number of aromatic nitrogens is 1. The molecule has 0 radical (unpaired) electrons. The summed E-state index contributed by atoms with van der Waals surface area (Å²) in [4.78, 5) is 6.23. The van der Waals surface area contributed by atoms with E-state index in [2.05, 4.69) is 9.88 Å². The molecule has 1 aromatic rings. The number of morpholine rings is 1. The van der Waals surface area contributed by atoms with Gasteiger partial charge < -0.3 is 9.84 Å². The molecule has 1 N–H and O–H groups in total. The standard InChI is InChI=1S/C13H18N2O2/c16-13(11-15-6-8-17-9-7-15)4-3-12-2-1-5-14-10-12/h1-5,10,13,16H,6-9,11H2/b4-3-. The van der Waals surface area contributed by atoms with E-state index in [-0.39, 0.29) is 0 Å². The first-order chi connectivity index (χ1) is 8.34. The summed E-state index contributed by atoms with van der Waals surface area (Å²) >= 11 is 0. The van der Waals surface area contributed by atoms with Gasteiger partial charge in [-0.25, -0.2) is 0 Å². The molecule has 1 saturated heterocycles. The van der Waals surface area contributed by atoms with Crippen LogP contribution in [0.2, 0.25) is 0 Å². The van der Waals surface area contributed by atoms with Crippen molar-refractivity contribution >= 4 is 6.08 Å². The van der Waals surface area contributed by atoms with Crippen LogP contribution < -0.4 is 0 Å². The molecule has 4 nitrogen and oxygen atoms in total. The summed E-state index contributed by atoms with van der Waals surface area (Å²) in [7, 11) is 0. The zero-order valence-corrected chi connectivity index (χ0v) is 9.83. The number of hydrogen-bond donors (Lipinski definition) is 1. The maximum atomic E-state index is 9.87. The quantitative estimate of drug-likeness (QED) is 0.836. The Hall–Kier alpha value is -1.23. The second-order valence-electron chi connectivity index (χ2n) is 4.13. The molecule has 1 aliphatic rings. The maximum Gasteiger partial charge on any atom is 0.0851 e. The van der Waals surface area contributed by atoms with Crippen molar-refractivity contribution in [3.8, 4) is 0 Å². The first kappa shape index (κ1) is 12.2. The van der Waals surface area contributed by atoms with Crippen LogP contribution in [-0.4, -0.2) is 53.9 Å². The molecule has 1 unspecified atom stereocenters. The Labute approximate surface area is 102 Å². The van der Waals surface area contributed by atoms with E-state index in [1.165, 1.54) is 0 Å². The molecule has 92 valence electrons. The van der Waals surface area contributed by atoms with E-state index in [4.69, 9.17) is 4.74 Å². The molecule has 0 amide bonds. The topological polar surface area (TPSA) is 45.6 Å². The van der Waals surface area contributed by atoms with Crippen molar-refractivity contribution in [1.82, 2.24) is 9.88 Å². The summed E-state index contributed by atoms with van der Waals surface area (Å²) in [5, 5.41) is 9.87. The van der Waals surface area contributed by atoms with E-state index in [1.54, 1.807) is 12.4 Å². The summed E-state index contributed by atoms with van der Waals surface area (Å²) in [6.45, 7) is 3.99. The molecule has 2 rings (SSSR count). The van der Waals surface area contributed by atoms with Crippen molar-refractivity contribution in [1.29, 1.82) is 0 Å². The molecule has 0 saturated carbocycles. The van der Waals surface area contributed by atoms with Crippen LogP contribution in [0.5, 0.6) is 0 Å². The number of ether oxygens (including phenoxy) is 1. The van der Waals surface area contributed by atoms with Gasteiger partial charge in [-0.05, 0) is 11.6 Å². The van der Waals surface area contributed by atoms with Crippen LogP contribution in [0.15, 0.2) is 30.6 Å². The predicted octanol–water partition coefficient (Wildman–Crippen LogP) is 0.788. The lowest BCUT2D eigenvalue weighted by molar-refractivity contribution is 0.0223. The number of nitrogens with zero attached hydrogens (tertiary/aromatic N) is 2. The van der Waals surface area contributed by atoms with Crippen LogP contribution >= 0.6 is 0 Å². The van der Waals surface area contributed by atoms with Crippen molar-refractivity contribution in [3.05, 3.63) is 36.2 Å². The molecule has 0 aliphatic carbocycles. The second-order valence-corrected chi connectivity index (χ2v) is 4.13. The Bertz CT molecular complexity index is 348. The molecule has 0 aromatic carbocycles. The average Bonchev–Trinajstić information content (AvgIpc) is 2.39. The van der Waals surface area contributed by atoms with Gasteiger partial charge in [0.15, 0.2) is 0 Å².